The number of rotatable bonds is 3. The first-order chi connectivity index (χ1) is 7.28. The molecule has 1 aliphatic heterocycles. The molecule has 2 heterocycles. The van der Waals surface area contributed by atoms with Crippen LogP contribution in [0.5, 0.6) is 0 Å². The van der Waals surface area contributed by atoms with Crippen molar-refractivity contribution in [3.63, 3.8) is 0 Å². The number of aryl methyl sites for hydroxylation is 1. The van der Waals surface area contributed by atoms with E-state index in [-0.39, 0.29) is 0 Å². The quantitative estimate of drug-likeness (QED) is 0.852. The van der Waals surface area contributed by atoms with Crippen LogP contribution in [0.15, 0.2) is 0 Å². The van der Waals surface area contributed by atoms with Crippen molar-refractivity contribution in [2.45, 2.75) is 32.7 Å². The van der Waals surface area contributed by atoms with Crippen LogP contribution in [0.2, 0.25) is 0 Å². The number of nitrogens with one attached hydrogen (secondary N) is 1. The molecule has 0 atom stereocenters. The summed E-state index contributed by atoms with van der Waals surface area (Å²) in [5, 5.41) is 13.6. The van der Waals surface area contributed by atoms with Gasteiger partial charge in [0.05, 0.1) is 0 Å². The van der Waals surface area contributed by atoms with Gasteiger partial charge in [0.25, 0.3) is 0 Å². The van der Waals surface area contributed by atoms with Crippen LogP contribution >= 0.6 is 11.3 Å². The van der Waals surface area contributed by atoms with E-state index in [1.807, 2.05) is 6.92 Å². The number of hydrogen-bond donors (Lipinski definition) is 1. The number of piperidine rings is 1. The van der Waals surface area contributed by atoms with Gasteiger partial charge in [0.15, 0.2) is 0 Å². The Kier molecular flexibility index (Phi) is 3.53. The van der Waals surface area contributed by atoms with E-state index < -0.39 is 0 Å². The van der Waals surface area contributed by atoms with Gasteiger partial charge in [-0.2, -0.15) is 0 Å². The van der Waals surface area contributed by atoms with Crippen molar-refractivity contribution in [2.75, 3.05) is 25.0 Å². The second-order valence-electron chi connectivity index (χ2n) is 3.98. The Morgan fingerprint density at radius 3 is 2.67 bits per heavy atom. The molecule has 15 heavy (non-hydrogen) atoms. The minimum absolute atomic E-state index is 0.583. The van der Waals surface area contributed by atoms with Gasteiger partial charge in [0.2, 0.25) is 5.13 Å². The molecule has 5 heteroatoms. The van der Waals surface area contributed by atoms with E-state index in [0.717, 1.165) is 10.1 Å². The number of likely N-dealkylation sites (tertiary alicyclic amines) is 1. The predicted octanol–water partition coefficient (Wildman–Crippen LogP) is 1.74. The summed E-state index contributed by atoms with van der Waals surface area (Å²) in [5.74, 6) is 0. The van der Waals surface area contributed by atoms with Gasteiger partial charge in [-0.15, -0.1) is 10.2 Å². The Balaban J connectivity index is 1.82. The van der Waals surface area contributed by atoms with Crippen molar-refractivity contribution in [2.24, 2.45) is 0 Å². The van der Waals surface area contributed by atoms with Crippen LogP contribution in [0.1, 0.15) is 24.8 Å². The van der Waals surface area contributed by atoms with Crippen LogP contribution < -0.4 is 5.32 Å². The van der Waals surface area contributed by atoms with Gasteiger partial charge in [-0.05, 0) is 26.3 Å². The molecule has 1 aliphatic rings. The maximum absolute atomic E-state index is 4.09. The standard InChI is InChI=1S/C10H18N4S/c1-3-14-6-4-9(5-7-14)11-10-13-12-8(2)15-10/h9H,3-7H2,1-2H3,(H,11,13). The molecule has 0 saturated carbocycles. The van der Waals surface area contributed by atoms with E-state index in [9.17, 15) is 0 Å². The van der Waals surface area contributed by atoms with Crippen LogP contribution in [-0.2, 0) is 0 Å². The third kappa shape index (κ3) is 2.89. The number of anilines is 1. The first-order valence-electron chi connectivity index (χ1n) is 5.57. The number of aromatic nitrogens is 2. The summed E-state index contributed by atoms with van der Waals surface area (Å²) in [7, 11) is 0. The fourth-order valence-corrected chi connectivity index (χ4v) is 2.59. The van der Waals surface area contributed by atoms with Crippen LogP contribution in [-0.4, -0.2) is 40.8 Å². The average Bonchev–Trinajstić information content (AvgIpc) is 2.65. The van der Waals surface area contributed by atoms with Crippen LogP contribution in [0, 0.1) is 6.92 Å². The van der Waals surface area contributed by atoms with Crippen LogP contribution in [0.25, 0.3) is 0 Å². The molecule has 0 bridgehead atoms. The molecule has 0 unspecified atom stereocenters. The summed E-state index contributed by atoms with van der Waals surface area (Å²) in [6.45, 7) is 7.78. The fourth-order valence-electron chi connectivity index (χ4n) is 1.92. The minimum atomic E-state index is 0.583. The highest BCUT2D eigenvalue weighted by Gasteiger charge is 2.18. The van der Waals surface area contributed by atoms with Gasteiger partial charge in [0, 0.05) is 19.1 Å². The highest BCUT2D eigenvalue weighted by molar-refractivity contribution is 7.15. The molecule has 84 valence electrons. The normalized spacial score (nSPS) is 19.3. The van der Waals surface area contributed by atoms with E-state index in [2.05, 4.69) is 27.3 Å². The molecule has 0 radical (unpaired) electrons. The molecule has 1 aromatic heterocycles. The lowest BCUT2D eigenvalue weighted by Gasteiger charge is -2.31. The smallest absolute Gasteiger partial charge is 0.205 e. The fraction of sp³-hybridized carbons (Fsp3) is 0.800. The molecule has 0 aliphatic carbocycles. The van der Waals surface area contributed by atoms with Gasteiger partial charge in [-0.3, -0.25) is 0 Å². The van der Waals surface area contributed by atoms with Gasteiger partial charge < -0.3 is 10.2 Å². The molecule has 4 nitrogen and oxygen atoms in total. The van der Waals surface area contributed by atoms with Crippen molar-refractivity contribution in [1.82, 2.24) is 15.1 Å². The average molecular weight is 226 g/mol. The van der Waals surface area contributed by atoms with Crippen molar-refractivity contribution in [3.8, 4) is 0 Å². The lowest BCUT2D eigenvalue weighted by atomic mass is 10.1. The summed E-state index contributed by atoms with van der Waals surface area (Å²) < 4.78 is 0. The Bertz CT molecular complexity index is 304. The Hall–Kier alpha value is -0.680. The molecule has 1 fully saturated rings. The Labute approximate surface area is 94.7 Å². The molecular weight excluding hydrogens is 208 g/mol. The summed E-state index contributed by atoms with van der Waals surface area (Å²) >= 11 is 1.64. The summed E-state index contributed by atoms with van der Waals surface area (Å²) in [5.41, 5.74) is 0. The summed E-state index contributed by atoms with van der Waals surface area (Å²) in [6.07, 6.45) is 2.43. The van der Waals surface area contributed by atoms with Crippen molar-refractivity contribution >= 4 is 16.5 Å². The largest absolute Gasteiger partial charge is 0.357 e. The van der Waals surface area contributed by atoms with Gasteiger partial charge >= 0.3 is 0 Å². The van der Waals surface area contributed by atoms with Gasteiger partial charge in [0.1, 0.15) is 5.01 Å². The molecule has 2 rings (SSSR count). The third-order valence-electron chi connectivity index (χ3n) is 2.89. The first-order valence-corrected chi connectivity index (χ1v) is 6.38. The summed E-state index contributed by atoms with van der Waals surface area (Å²) in [6, 6.07) is 0.583. The number of hydrogen-bond acceptors (Lipinski definition) is 5. The SMILES string of the molecule is CCN1CCC(Nc2nnc(C)s2)CC1. The monoisotopic (exact) mass is 226 g/mol. The second-order valence-corrected chi connectivity index (χ2v) is 5.16. The molecule has 1 N–H and O–H groups in total. The van der Waals surface area contributed by atoms with E-state index in [4.69, 9.17) is 0 Å². The minimum Gasteiger partial charge on any atom is -0.357 e. The third-order valence-corrected chi connectivity index (χ3v) is 3.66. The van der Waals surface area contributed by atoms with Crippen LogP contribution in [0.4, 0.5) is 5.13 Å². The van der Waals surface area contributed by atoms with E-state index in [1.165, 1.54) is 32.5 Å². The Morgan fingerprint density at radius 2 is 2.13 bits per heavy atom. The summed E-state index contributed by atoms with van der Waals surface area (Å²) in [4.78, 5) is 2.49. The molecule has 0 spiro atoms. The van der Waals surface area contributed by atoms with Crippen molar-refractivity contribution < 1.29 is 0 Å². The highest BCUT2D eigenvalue weighted by atomic mass is 32.1. The van der Waals surface area contributed by atoms with Crippen LogP contribution in [0.3, 0.4) is 0 Å². The lowest BCUT2D eigenvalue weighted by molar-refractivity contribution is 0.229. The molecular formula is C10H18N4S. The topological polar surface area (TPSA) is 41.0 Å². The first kappa shape index (κ1) is 10.8. The zero-order chi connectivity index (χ0) is 10.7. The zero-order valence-electron chi connectivity index (χ0n) is 9.36. The van der Waals surface area contributed by atoms with Gasteiger partial charge in [-0.25, -0.2) is 0 Å². The van der Waals surface area contributed by atoms with E-state index in [1.54, 1.807) is 11.3 Å². The molecule has 1 saturated heterocycles. The van der Waals surface area contributed by atoms with E-state index >= 15 is 0 Å². The molecule has 1 aromatic rings. The maximum Gasteiger partial charge on any atom is 0.205 e. The molecule has 0 amide bonds. The van der Waals surface area contributed by atoms with Crippen molar-refractivity contribution in [3.05, 3.63) is 5.01 Å². The maximum atomic E-state index is 4.09. The van der Waals surface area contributed by atoms with E-state index in [0.29, 0.717) is 6.04 Å². The lowest BCUT2D eigenvalue weighted by Crippen LogP contribution is -2.38. The van der Waals surface area contributed by atoms with Crippen molar-refractivity contribution in [1.29, 1.82) is 0 Å². The second kappa shape index (κ2) is 4.90. The zero-order valence-corrected chi connectivity index (χ0v) is 10.2. The van der Waals surface area contributed by atoms with Gasteiger partial charge in [-0.1, -0.05) is 18.3 Å². The Morgan fingerprint density at radius 1 is 1.40 bits per heavy atom. The number of nitrogens with zero attached hydrogens (tertiary/aromatic N) is 3. The predicted molar refractivity (Wildman–Crippen MR) is 63.4 cm³/mol. The molecule has 0 aromatic carbocycles. The highest BCUT2D eigenvalue weighted by Crippen LogP contribution is 2.19.